The van der Waals surface area contributed by atoms with Gasteiger partial charge in [0.1, 0.15) is 5.75 Å². The van der Waals surface area contributed by atoms with Gasteiger partial charge in [-0.3, -0.25) is 4.79 Å². The van der Waals surface area contributed by atoms with Crippen molar-refractivity contribution in [3.05, 3.63) is 29.8 Å². The molecular weight excluding hydrogens is 310 g/mol. The molecule has 0 unspecified atom stereocenters. The monoisotopic (exact) mass is 327 g/mol. The van der Waals surface area contributed by atoms with Crippen LogP contribution in [-0.4, -0.2) is 31.1 Å². The Bertz CT molecular complexity index is 427. The maximum absolute atomic E-state index is 11.0. The summed E-state index contributed by atoms with van der Waals surface area (Å²) in [7, 11) is 0. The van der Waals surface area contributed by atoms with Crippen LogP contribution in [0, 0.1) is 5.41 Å². The highest BCUT2D eigenvalue weighted by Crippen LogP contribution is 2.33. The Morgan fingerprint density at radius 3 is 2.47 bits per heavy atom. The van der Waals surface area contributed by atoms with E-state index >= 15 is 0 Å². The van der Waals surface area contributed by atoms with E-state index in [0.717, 1.165) is 37.1 Å². The van der Waals surface area contributed by atoms with E-state index < -0.39 is 5.91 Å². The largest absolute Gasteiger partial charge is 0.493 e. The second kappa shape index (κ2) is 6.39. The van der Waals surface area contributed by atoms with Crippen molar-refractivity contribution in [2.45, 2.75) is 12.8 Å². The van der Waals surface area contributed by atoms with E-state index in [0.29, 0.717) is 12.2 Å². The maximum atomic E-state index is 11.0. The van der Waals surface area contributed by atoms with Crippen LogP contribution in [-0.2, 0) is 4.74 Å². The fraction of sp³-hybridized carbons (Fsp3) is 0.500. The Morgan fingerprint density at radius 1 is 1.32 bits per heavy atom. The van der Waals surface area contributed by atoms with Gasteiger partial charge in [0.05, 0.1) is 6.61 Å². The molecule has 1 aromatic carbocycles. The Balaban J connectivity index is 1.95. The summed E-state index contributed by atoms with van der Waals surface area (Å²) in [6.45, 7) is 2.22. The van der Waals surface area contributed by atoms with Gasteiger partial charge in [-0.05, 0) is 37.1 Å². The SMILES string of the molecule is NC(=O)c1ccc(OCC2(CBr)CCOCC2)cc1. The van der Waals surface area contributed by atoms with Crippen molar-refractivity contribution in [3.8, 4) is 5.75 Å². The lowest BCUT2D eigenvalue weighted by atomic mass is 9.83. The zero-order valence-corrected chi connectivity index (χ0v) is 12.3. The predicted octanol–water partition coefficient (Wildman–Crippen LogP) is 2.36. The molecular formula is C14H18BrNO3. The zero-order chi connectivity index (χ0) is 13.7. The van der Waals surface area contributed by atoms with Gasteiger partial charge in [-0.2, -0.15) is 0 Å². The minimum atomic E-state index is -0.423. The number of alkyl halides is 1. The van der Waals surface area contributed by atoms with Crippen LogP contribution in [0.3, 0.4) is 0 Å². The summed E-state index contributed by atoms with van der Waals surface area (Å²) in [5.74, 6) is 0.338. The molecule has 2 rings (SSSR count). The first-order chi connectivity index (χ1) is 9.15. The van der Waals surface area contributed by atoms with Gasteiger partial charge in [-0.15, -0.1) is 0 Å². The first-order valence-electron chi connectivity index (χ1n) is 6.32. The number of hydrogen-bond acceptors (Lipinski definition) is 3. The number of rotatable bonds is 5. The number of carbonyl (C=O) groups is 1. The lowest BCUT2D eigenvalue weighted by Crippen LogP contribution is -2.36. The quantitative estimate of drug-likeness (QED) is 0.844. The van der Waals surface area contributed by atoms with Gasteiger partial charge in [-0.1, -0.05) is 15.9 Å². The van der Waals surface area contributed by atoms with Crippen LogP contribution in [0.5, 0.6) is 5.75 Å². The van der Waals surface area contributed by atoms with Gasteiger partial charge in [0.15, 0.2) is 0 Å². The molecule has 4 nitrogen and oxygen atoms in total. The van der Waals surface area contributed by atoms with Gasteiger partial charge in [0.2, 0.25) is 5.91 Å². The zero-order valence-electron chi connectivity index (χ0n) is 10.7. The number of nitrogens with two attached hydrogens (primary N) is 1. The lowest BCUT2D eigenvalue weighted by Gasteiger charge is -2.35. The van der Waals surface area contributed by atoms with E-state index in [1.54, 1.807) is 24.3 Å². The Morgan fingerprint density at radius 2 is 1.95 bits per heavy atom. The van der Waals surface area contributed by atoms with Crippen molar-refractivity contribution in [2.24, 2.45) is 11.1 Å². The molecule has 2 N–H and O–H groups in total. The van der Waals surface area contributed by atoms with Crippen LogP contribution in [0.1, 0.15) is 23.2 Å². The summed E-state index contributed by atoms with van der Waals surface area (Å²) in [4.78, 5) is 11.0. The molecule has 1 aliphatic rings. The summed E-state index contributed by atoms with van der Waals surface area (Å²) in [5.41, 5.74) is 5.83. The van der Waals surface area contributed by atoms with E-state index in [2.05, 4.69) is 15.9 Å². The van der Waals surface area contributed by atoms with Crippen LogP contribution in [0.2, 0.25) is 0 Å². The average Bonchev–Trinajstić information content (AvgIpc) is 2.46. The highest BCUT2D eigenvalue weighted by Gasteiger charge is 2.32. The highest BCUT2D eigenvalue weighted by molar-refractivity contribution is 9.09. The summed E-state index contributed by atoms with van der Waals surface area (Å²) in [6.07, 6.45) is 2.00. The third-order valence-electron chi connectivity index (χ3n) is 3.52. The molecule has 1 fully saturated rings. The third-order valence-corrected chi connectivity index (χ3v) is 4.71. The Hall–Kier alpha value is -1.07. The molecule has 1 heterocycles. The molecule has 19 heavy (non-hydrogen) atoms. The Labute approximate surface area is 121 Å². The summed E-state index contributed by atoms with van der Waals surface area (Å²) >= 11 is 3.58. The van der Waals surface area contributed by atoms with Crippen molar-refractivity contribution < 1.29 is 14.3 Å². The van der Waals surface area contributed by atoms with Crippen LogP contribution >= 0.6 is 15.9 Å². The third kappa shape index (κ3) is 3.70. The van der Waals surface area contributed by atoms with Crippen LogP contribution in [0.25, 0.3) is 0 Å². The van der Waals surface area contributed by atoms with Crippen LogP contribution in [0.4, 0.5) is 0 Å². The normalized spacial score (nSPS) is 17.9. The molecule has 0 saturated carbocycles. The maximum Gasteiger partial charge on any atom is 0.248 e. The minimum Gasteiger partial charge on any atom is -0.493 e. The fourth-order valence-electron chi connectivity index (χ4n) is 2.07. The average molecular weight is 328 g/mol. The lowest BCUT2D eigenvalue weighted by molar-refractivity contribution is 0.00354. The molecule has 0 aromatic heterocycles. The van der Waals surface area contributed by atoms with Crippen molar-refractivity contribution in [1.29, 1.82) is 0 Å². The van der Waals surface area contributed by atoms with Gasteiger partial charge < -0.3 is 15.2 Å². The van der Waals surface area contributed by atoms with E-state index in [9.17, 15) is 4.79 Å². The summed E-state index contributed by atoms with van der Waals surface area (Å²) < 4.78 is 11.2. The van der Waals surface area contributed by atoms with Gasteiger partial charge in [0.25, 0.3) is 0 Å². The number of halogens is 1. The van der Waals surface area contributed by atoms with Gasteiger partial charge >= 0.3 is 0 Å². The number of primary amides is 1. The first-order valence-corrected chi connectivity index (χ1v) is 7.44. The molecule has 104 valence electrons. The van der Waals surface area contributed by atoms with Crippen molar-refractivity contribution in [3.63, 3.8) is 0 Å². The van der Waals surface area contributed by atoms with E-state index in [4.69, 9.17) is 15.2 Å². The number of hydrogen-bond donors (Lipinski definition) is 1. The summed E-state index contributed by atoms with van der Waals surface area (Å²) in [6, 6.07) is 6.92. The number of ether oxygens (including phenoxy) is 2. The smallest absolute Gasteiger partial charge is 0.248 e. The molecule has 0 aliphatic carbocycles. The standard InChI is InChI=1S/C14H18BrNO3/c15-9-14(5-7-18-8-6-14)10-19-12-3-1-11(2-4-12)13(16)17/h1-4H,5-10H2,(H2,16,17). The predicted molar refractivity (Wildman–Crippen MR) is 76.7 cm³/mol. The van der Waals surface area contributed by atoms with Gasteiger partial charge in [0, 0.05) is 29.5 Å². The molecule has 1 saturated heterocycles. The number of amides is 1. The molecule has 1 aliphatic heterocycles. The summed E-state index contributed by atoms with van der Waals surface area (Å²) in [5, 5.41) is 0.905. The molecule has 0 spiro atoms. The molecule has 1 aromatic rings. The van der Waals surface area contributed by atoms with Crippen LogP contribution < -0.4 is 10.5 Å². The highest BCUT2D eigenvalue weighted by atomic mass is 79.9. The molecule has 1 amide bonds. The van der Waals surface area contributed by atoms with E-state index in [-0.39, 0.29) is 5.41 Å². The van der Waals surface area contributed by atoms with Crippen molar-refractivity contribution in [2.75, 3.05) is 25.2 Å². The number of carbonyl (C=O) groups excluding carboxylic acids is 1. The van der Waals surface area contributed by atoms with E-state index in [1.807, 2.05) is 0 Å². The Kier molecular flexibility index (Phi) is 4.82. The molecule has 0 atom stereocenters. The van der Waals surface area contributed by atoms with Crippen LogP contribution in [0.15, 0.2) is 24.3 Å². The second-order valence-electron chi connectivity index (χ2n) is 4.92. The second-order valence-corrected chi connectivity index (χ2v) is 5.48. The minimum absolute atomic E-state index is 0.139. The molecule has 5 heteroatoms. The topological polar surface area (TPSA) is 61.6 Å². The first kappa shape index (κ1) is 14.3. The fourth-order valence-corrected chi connectivity index (χ4v) is 2.80. The van der Waals surface area contributed by atoms with Gasteiger partial charge in [-0.25, -0.2) is 0 Å². The van der Waals surface area contributed by atoms with Crippen molar-refractivity contribution in [1.82, 2.24) is 0 Å². The molecule has 0 bridgehead atoms. The molecule has 0 radical (unpaired) electrons. The van der Waals surface area contributed by atoms with Crippen molar-refractivity contribution >= 4 is 21.8 Å². The van der Waals surface area contributed by atoms with E-state index in [1.165, 1.54) is 0 Å². The number of benzene rings is 1.